The Morgan fingerprint density at radius 1 is 1.12 bits per heavy atom. The lowest BCUT2D eigenvalue weighted by molar-refractivity contribution is -0.126. The molecule has 1 aliphatic rings. The van der Waals surface area contributed by atoms with E-state index in [-0.39, 0.29) is 36.2 Å². The first-order valence-corrected chi connectivity index (χ1v) is 12.3. The van der Waals surface area contributed by atoms with E-state index >= 15 is 0 Å². The summed E-state index contributed by atoms with van der Waals surface area (Å²) >= 11 is 0. The van der Waals surface area contributed by atoms with Crippen molar-refractivity contribution in [2.45, 2.75) is 31.7 Å². The van der Waals surface area contributed by atoms with Crippen LogP contribution in [-0.4, -0.2) is 58.8 Å². The standard InChI is InChI=1S/C22H26N6O4S/c1-3-26(4-2)33(31,32)18-10-8-17(9-11-18)28-15-16(13-21(28)29)22(30)23-14-20-25-24-19-7-5-6-12-27(19)20/h5-12,16H,3-4,13-15H2,1-2H3,(H,23,30)/t16-/m1/s1. The van der Waals surface area contributed by atoms with Gasteiger partial charge < -0.3 is 10.2 Å². The number of nitrogens with one attached hydrogen (secondary N) is 1. The molecule has 3 aromatic rings. The fraction of sp³-hybridized carbons (Fsp3) is 0.364. The number of rotatable bonds is 8. The molecule has 174 valence electrons. The molecule has 1 saturated heterocycles. The summed E-state index contributed by atoms with van der Waals surface area (Å²) in [7, 11) is -3.57. The van der Waals surface area contributed by atoms with Gasteiger partial charge in [0.15, 0.2) is 11.5 Å². The van der Waals surface area contributed by atoms with E-state index in [2.05, 4.69) is 15.5 Å². The largest absolute Gasteiger partial charge is 0.348 e. The number of amides is 2. The molecule has 3 heterocycles. The van der Waals surface area contributed by atoms with Crippen LogP contribution in [0.3, 0.4) is 0 Å². The number of hydrogen-bond acceptors (Lipinski definition) is 6. The van der Waals surface area contributed by atoms with E-state index in [0.717, 1.165) is 0 Å². The number of sulfonamides is 1. The van der Waals surface area contributed by atoms with Gasteiger partial charge in [0.25, 0.3) is 0 Å². The molecule has 0 unspecified atom stereocenters. The van der Waals surface area contributed by atoms with Crippen molar-refractivity contribution in [2.75, 3.05) is 24.5 Å². The average molecular weight is 471 g/mol. The van der Waals surface area contributed by atoms with E-state index in [1.807, 2.05) is 24.4 Å². The van der Waals surface area contributed by atoms with Gasteiger partial charge in [-0.1, -0.05) is 19.9 Å². The third-order valence-electron chi connectivity index (χ3n) is 5.79. The molecular weight excluding hydrogens is 444 g/mol. The predicted octanol–water partition coefficient (Wildman–Crippen LogP) is 1.43. The Hall–Kier alpha value is -3.31. The highest BCUT2D eigenvalue weighted by atomic mass is 32.2. The minimum atomic E-state index is -3.57. The first kappa shape index (κ1) is 22.9. The normalized spacial score (nSPS) is 16.6. The maximum atomic E-state index is 12.7. The molecule has 4 rings (SSSR count). The minimum absolute atomic E-state index is 0.0892. The number of carbonyl (C=O) groups is 2. The molecule has 1 fully saturated rings. The van der Waals surface area contributed by atoms with Gasteiger partial charge >= 0.3 is 0 Å². The van der Waals surface area contributed by atoms with Gasteiger partial charge in [0.05, 0.1) is 17.4 Å². The molecule has 0 radical (unpaired) electrons. The highest BCUT2D eigenvalue weighted by Crippen LogP contribution is 2.27. The fourth-order valence-electron chi connectivity index (χ4n) is 3.97. The lowest BCUT2D eigenvalue weighted by Crippen LogP contribution is -2.33. The molecular formula is C22H26N6O4S. The number of benzene rings is 1. The number of nitrogens with zero attached hydrogens (tertiary/aromatic N) is 5. The van der Waals surface area contributed by atoms with Gasteiger partial charge in [-0.15, -0.1) is 10.2 Å². The number of carbonyl (C=O) groups excluding carboxylic acids is 2. The fourth-order valence-corrected chi connectivity index (χ4v) is 5.42. The van der Waals surface area contributed by atoms with Crippen LogP contribution in [0.4, 0.5) is 5.69 Å². The zero-order chi connectivity index (χ0) is 23.6. The van der Waals surface area contributed by atoms with Gasteiger partial charge in [-0.3, -0.25) is 14.0 Å². The number of pyridine rings is 1. The molecule has 2 amide bonds. The van der Waals surface area contributed by atoms with Gasteiger partial charge in [0.2, 0.25) is 21.8 Å². The molecule has 0 bridgehead atoms. The molecule has 0 aliphatic carbocycles. The Morgan fingerprint density at radius 3 is 2.55 bits per heavy atom. The lowest BCUT2D eigenvalue weighted by Gasteiger charge is -2.20. The summed E-state index contributed by atoms with van der Waals surface area (Å²) in [5.74, 6) is -0.317. The maximum Gasteiger partial charge on any atom is 0.243 e. The van der Waals surface area contributed by atoms with Crippen LogP contribution >= 0.6 is 0 Å². The summed E-state index contributed by atoms with van der Waals surface area (Å²) in [6.07, 6.45) is 1.91. The Morgan fingerprint density at radius 2 is 1.85 bits per heavy atom. The zero-order valence-corrected chi connectivity index (χ0v) is 19.3. The van der Waals surface area contributed by atoms with Crippen LogP contribution < -0.4 is 10.2 Å². The molecule has 11 heteroatoms. The predicted molar refractivity (Wildman–Crippen MR) is 122 cm³/mol. The van der Waals surface area contributed by atoms with E-state index in [0.29, 0.717) is 30.2 Å². The van der Waals surface area contributed by atoms with Gasteiger partial charge in [-0.05, 0) is 36.4 Å². The number of anilines is 1. The lowest BCUT2D eigenvalue weighted by atomic mass is 10.1. The Kier molecular flexibility index (Phi) is 6.43. The molecule has 1 atom stereocenters. The summed E-state index contributed by atoms with van der Waals surface area (Å²) in [5, 5.41) is 11.0. The maximum absolute atomic E-state index is 12.7. The smallest absolute Gasteiger partial charge is 0.243 e. The molecule has 1 N–H and O–H groups in total. The summed E-state index contributed by atoms with van der Waals surface area (Å²) in [5.41, 5.74) is 1.26. The summed E-state index contributed by atoms with van der Waals surface area (Å²) in [6, 6.07) is 11.8. The monoisotopic (exact) mass is 470 g/mol. The number of hydrogen-bond donors (Lipinski definition) is 1. The van der Waals surface area contributed by atoms with Crippen LogP contribution in [0.15, 0.2) is 53.6 Å². The quantitative estimate of drug-likeness (QED) is 0.532. The van der Waals surface area contributed by atoms with Crippen molar-refractivity contribution in [1.82, 2.24) is 24.2 Å². The Labute approximate surface area is 192 Å². The zero-order valence-electron chi connectivity index (χ0n) is 18.5. The molecule has 1 aromatic carbocycles. The molecule has 10 nitrogen and oxygen atoms in total. The van der Waals surface area contributed by atoms with E-state index in [4.69, 9.17) is 0 Å². The van der Waals surface area contributed by atoms with E-state index in [9.17, 15) is 18.0 Å². The molecule has 0 spiro atoms. The highest BCUT2D eigenvalue weighted by Gasteiger charge is 2.35. The van der Waals surface area contributed by atoms with Crippen LogP contribution in [-0.2, 0) is 26.2 Å². The molecule has 33 heavy (non-hydrogen) atoms. The van der Waals surface area contributed by atoms with Gasteiger partial charge in [-0.2, -0.15) is 4.31 Å². The third kappa shape index (κ3) is 4.46. The minimum Gasteiger partial charge on any atom is -0.348 e. The topological polar surface area (TPSA) is 117 Å². The van der Waals surface area contributed by atoms with Crippen molar-refractivity contribution in [3.8, 4) is 0 Å². The van der Waals surface area contributed by atoms with Crippen molar-refractivity contribution in [3.63, 3.8) is 0 Å². The summed E-state index contributed by atoms with van der Waals surface area (Å²) < 4.78 is 28.5. The van der Waals surface area contributed by atoms with E-state index < -0.39 is 15.9 Å². The average Bonchev–Trinajstić information content (AvgIpc) is 3.42. The van der Waals surface area contributed by atoms with Crippen LogP contribution in [0.25, 0.3) is 5.65 Å². The second-order valence-electron chi connectivity index (χ2n) is 7.75. The van der Waals surface area contributed by atoms with Crippen LogP contribution in [0.1, 0.15) is 26.1 Å². The van der Waals surface area contributed by atoms with Crippen molar-refractivity contribution in [2.24, 2.45) is 5.92 Å². The van der Waals surface area contributed by atoms with Crippen molar-refractivity contribution in [3.05, 3.63) is 54.5 Å². The SMILES string of the molecule is CCN(CC)S(=O)(=O)c1ccc(N2C[C@H](C(=O)NCc3nnc4ccccn34)CC2=O)cc1. The third-order valence-corrected chi connectivity index (χ3v) is 7.86. The van der Waals surface area contributed by atoms with Crippen molar-refractivity contribution in [1.29, 1.82) is 0 Å². The van der Waals surface area contributed by atoms with Gasteiger partial charge in [0.1, 0.15) is 0 Å². The first-order valence-electron chi connectivity index (χ1n) is 10.8. The second kappa shape index (κ2) is 9.28. The van der Waals surface area contributed by atoms with E-state index in [1.165, 1.54) is 21.3 Å². The summed E-state index contributed by atoms with van der Waals surface area (Å²) in [4.78, 5) is 27.0. The molecule has 0 saturated carbocycles. The molecule has 2 aromatic heterocycles. The highest BCUT2D eigenvalue weighted by molar-refractivity contribution is 7.89. The van der Waals surface area contributed by atoms with Crippen LogP contribution in [0, 0.1) is 5.92 Å². The van der Waals surface area contributed by atoms with Gasteiger partial charge in [0, 0.05) is 37.9 Å². The first-order chi connectivity index (χ1) is 15.8. The van der Waals surface area contributed by atoms with Crippen molar-refractivity contribution >= 4 is 33.2 Å². The summed E-state index contributed by atoms with van der Waals surface area (Å²) in [6.45, 7) is 4.77. The molecule has 1 aliphatic heterocycles. The number of fused-ring (bicyclic) bond motifs is 1. The van der Waals surface area contributed by atoms with Crippen LogP contribution in [0.5, 0.6) is 0 Å². The van der Waals surface area contributed by atoms with E-state index in [1.54, 1.807) is 30.4 Å². The Bertz CT molecular complexity index is 1270. The Balaban J connectivity index is 1.41. The second-order valence-corrected chi connectivity index (χ2v) is 9.69. The van der Waals surface area contributed by atoms with Crippen molar-refractivity contribution < 1.29 is 18.0 Å². The number of aromatic nitrogens is 3. The van der Waals surface area contributed by atoms with Crippen LogP contribution in [0.2, 0.25) is 0 Å². The van der Waals surface area contributed by atoms with Gasteiger partial charge in [-0.25, -0.2) is 8.42 Å².